The third-order valence-electron chi connectivity index (χ3n) is 6.52. The third kappa shape index (κ3) is 4.75. The number of nitrogens with one attached hydrogen (secondary N) is 2. The number of aromatic amines is 1. The van der Waals surface area contributed by atoms with Crippen molar-refractivity contribution in [2.45, 2.75) is 25.0 Å². The van der Waals surface area contributed by atoms with Gasteiger partial charge in [0.1, 0.15) is 23.2 Å². The number of nitrogens with two attached hydrogens (primary N) is 1. The second kappa shape index (κ2) is 9.45. The first-order chi connectivity index (χ1) is 19.1. The van der Waals surface area contributed by atoms with Crippen molar-refractivity contribution < 1.29 is 26.7 Å². The van der Waals surface area contributed by atoms with Gasteiger partial charge in [0.2, 0.25) is 21.7 Å². The summed E-state index contributed by atoms with van der Waals surface area (Å²) in [6.07, 6.45) is 3.86. The second-order valence-electron chi connectivity index (χ2n) is 9.50. The van der Waals surface area contributed by atoms with Crippen LogP contribution in [0.1, 0.15) is 34.5 Å². The van der Waals surface area contributed by atoms with Crippen molar-refractivity contribution in [3.05, 3.63) is 89.4 Å². The number of rotatable bonds is 8. The van der Waals surface area contributed by atoms with Crippen LogP contribution in [0, 0.1) is 18.6 Å². The van der Waals surface area contributed by atoms with Crippen LogP contribution in [0.15, 0.2) is 60.9 Å². The van der Waals surface area contributed by atoms with Crippen molar-refractivity contribution in [1.29, 1.82) is 0 Å². The summed E-state index contributed by atoms with van der Waals surface area (Å²) in [7, 11) is -3.66. The molecule has 1 aliphatic rings. The molecule has 40 heavy (non-hydrogen) atoms. The van der Waals surface area contributed by atoms with Crippen LogP contribution in [0.4, 0.5) is 20.3 Å². The number of nitrogen functional groups attached to an aromatic ring is 1. The van der Waals surface area contributed by atoms with E-state index in [1.54, 1.807) is 19.1 Å². The minimum atomic E-state index is -3.66. The van der Waals surface area contributed by atoms with Crippen molar-refractivity contribution in [2.75, 3.05) is 10.5 Å². The van der Waals surface area contributed by atoms with Crippen LogP contribution in [-0.4, -0.2) is 39.2 Å². The van der Waals surface area contributed by atoms with Crippen LogP contribution in [0.5, 0.6) is 11.6 Å². The Hall–Kier alpha value is -4.78. The molecule has 0 atom stereocenters. The molecular formula is C27H22F2N6O4S. The number of nitrogens with zero attached hydrogens (tertiary/aromatic N) is 3. The first kappa shape index (κ1) is 25.5. The Morgan fingerprint density at radius 3 is 2.67 bits per heavy atom. The number of aromatic nitrogens is 4. The SMILES string of the molecule is Cc1cc(Oc2cccc(F)c2)ncc1-n1ncc(C(=O)c2cc3cc(F)c(NS(=O)(=O)C4CC4)cc3[nH]2)c1N. The lowest BCUT2D eigenvalue weighted by Gasteiger charge is -2.10. The molecule has 3 aromatic heterocycles. The summed E-state index contributed by atoms with van der Waals surface area (Å²) >= 11 is 0. The molecule has 1 aliphatic carbocycles. The van der Waals surface area contributed by atoms with Crippen molar-refractivity contribution >= 4 is 38.2 Å². The molecule has 4 N–H and O–H groups in total. The lowest BCUT2D eigenvalue weighted by molar-refractivity contribution is 0.103. The van der Waals surface area contributed by atoms with Crippen LogP contribution in [-0.2, 0) is 10.0 Å². The fraction of sp³-hybridized carbons (Fsp3) is 0.148. The van der Waals surface area contributed by atoms with E-state index in [1.807, 2.05) is 0 Å². The second-order valence-corrected chi connectivity index (χ2v) is 11.5. The Morgan fingerprint density at radius 2 is 1.95 bits per heavy atom. The fourth-order valence-electron chi connectivity index (χ4n) is 4.29. The molecule has 6 rings (SSSR count). The number of aryl methyl sites for hydroxylation is 1. The van der Waals surface area contributed by atoms with E-state index in [2.05, 4.69) is 19.8 Å². The van der Waals surface area contributed by atoms with E-state index in [0.717, 1.165) is 6.07 Å². The Labute approximate surface area is 226 Å². The number of hydrogen-bond donors (Lipinski definition) is 3. The quantitative estimate of drug-likeness (QED) is 0.229. The molecule has 10 nitrogen and oxygen atoms in total. The van der Waals surface area contributed by atoms with E-state index in [-0.39, 0.29) is 34.4 Å². The maximum atomic E-state index is 14.6. The van der Waals surface area contributed by atoms with Gasteiger partial charge in [-0.1, -0.05) is 6.07 Å². The third-order valence-corrected chi connectivity index (χ3v) is 8.38. The summed E-state index contributed by atoms with van der Waals surface area (Å²) < 4.78 is 61.9. The van der Waals surface area contributed by atoms with Crippen LogP contribution in [0.2, 0.25) is 0 Å². The van der Waals surface area contributed by atoms with Gasteiger partial charge in [-0.25, -0.2) is 26.9 Å². The molecule has 0 spiro atoms. The fourth-order valence-corrected chi connectivity index (χ4v) is 5.68. The summed E-state index contributed by atoms with van der Waals surface area (Å²) in [5, 5.41) is 4.12. The predicted octanol–water partition coefficient (Wildman–Crippen LogP) is 4.84. The molecule has 2 aromatic carbocycles. The van der Waals surface area contributed by atoms with Crippen molar-refractivity contribution in [3.8, 4) is 17.3 Å². The smallest absolute Gasteiger partial charge is 0.235 e. The highest BCUT2D eigenvalue weighted by atomic mass is 32.2. The summed E-state index contributed by atoms with van der Waals surface area (Å²) in [6.45, 7) is 1.78. The van der Waals surface area contributed by atoms with E-state index < -0.39 is 32.7 Å². The number of carbonyl (C=O) groups is 1. The number of ketones is 1. The largest absolute Gasteiger partial charge is 0.439 e. The standard InChI is InChI=1S/C27H22F2N6O4S/c1-14-7-25(39-17-4-2-3-16(28)10-17)31-13-24(14)35-27(30)19(12-32-35)26(36)23-9-15-8-20(29)22(11-21(15)33-23)34-40(37,38)18-5-6-18/h2-4,7-13,18,33-34H,5-6,30H2,1H3. The average Bonchev–Trinajstić information content (AvgIpc) is 3.60. The summed E-state index contributed by atoms with van der Waals surface area (Å²) in [4.78, 5) is 20.5. The monoisotopic (exact) mass is 564 g/mol. The molecule has 0 bridgehead atoms. The van der Waals surface area contributed by atoms with Gasteiger partial charge in [0.05, 0.1) is 40.3 Å². The number of hydrogen-bond acceptors (Lipinski definition) is 7. The van der Waals surface area contributed by atoms with E-state index in [1.165, 1.54) is 47.4 Å². The molecule has 0 amide bonds. The van der Waals surface area contributed by atoms with E-state index in [0.29, 0.717) is 35.0 Å². The first-order valence-electron chi connectivity index (χ1n) is 12.2. The molecule has 0 aliphatic heterocycles. The van der Waals surface area contributed by atoms with Gasteiger partial charge in [0.15, 0.2) is 0 Å². The topological polar surface area (TPSA) is 145 Å². The molecule has 1 saturated carbocycles. The Balaban J connectivity index is 1.26. The normalized spacial score (nSPS) is 13.5. The van der Waals surface area contributed by atoms with Crippen molar-refractivity contribution in [3.63, 3.8) is 0 Å². The maximum absolute atomic E-state index is 14.6. The number of anilines is 2. The van der Waals surface area contributed by atoms with Gasteiger partial charge in [0.25, 0.3) is 0 Å². The van der Waals surface area contributed by atoms with Crippen molar-refractivity contribution in [2.24, 2.45) is 0 Å². The molecule has 1 fully saturated rings. The average molecular weight is 565 g/mol. The lowest BCUT2D eigenvalue weighted by atomic mass is 10.1. The molecule has 0 radical (unpaired) electrons. The van der Waals surface area contributed by atoms with Gasteiger partial charge in [-0.2, -0.15) is 5.10 Å². The number of benzene rings is 2. The summed E-state index contributed by atoms with van der Waals surface area (Å²) in [6, 6.07) is 11.2. The molecule has 204 valence electrons. The molecule has 5 aromatic rings. The van der Waals surface area contributed by atoms with Gasteiger partial charge >= 0.3 is 0 Å². The highest BCUT2D eigenvalue weighted by Crippen LogP contribution is 2.32. The number of H-pyrrole nitrogens is 1. The van der Waals surface area contributed by atoms with Gasteiger partial charge in [-0.3, -0.25) is 9.52 Å². The van der Waals surface area contributed by atoms with E-state index in [9.17, 15) is 22.0 Å². The zero-order chi connectivity index (χ0) is 28.2. The minimum absolute atomic E-state index is 0.0522. The van der Waals surface area contributed by atoms with Crippen molar-refractivity contribution in [1.82, 2.24) is 19.7 Å². The van der Waals surface area contributed by atoms with Crippen LogP contribution < -0.4 is 15.2 Å². The summed E-state index contributed by atoms with van der Waals surface area (Å²) in [5.41, 5.74) is 7.87. The molecule has 0 saturated heterocycles. The number of halogens is 2. The van der Waals surface area contributed by atoms with E-state index >= 15 is 0 Å². The summed E-state index contributed by atoms with van der Waals surface area (Å²) in [5.74, 6) is -1.11. The first-order valence-corrected chi connectivity index (χ1v) is 13.8. The Bertz CT molecular complexity index is 1910. The number of fused-ring (bicyclic) bond motifs is 1. The number of carbonyl (C=O) groups excluding carboxylic acids is 1. The number of pyridine rings is 1. The molecule has 3 heterocycles. The maximum Gasteiger partial charge on any atom is 0.235 e. The molecule has 13 heteroatoms. The van der Waals surface area contributed by atoms with Crippen LogP contribution in [0.25, 0.3) is 16.6 Å². The highest BCUT2D eigenvalue weighted by Gasteiger charge is 2.36. The predicted molar refractivity (Wildman–Crippen MR) is 144 cm³/mol. The molecule has 0 unspecified atom stereocenters. The molecular weight excluding hydrogens is 542 g/mol. The van der Waals surface area contributed by atoms with Crippen LogP contribution in [0.3, 0.4) is 0 Å². The minimum Gasteiger partial charge on any atom is -0.439 e. The Kier molecular flexibility index (Phi) is 6.02. The van der Waals surface area contributed by atoms with Gasteiger partial charge < -0.3 is 15.5 Å². The van der Waals surface area contributed by atoms with Gasteiger partial charge in [0, 0.05) is 23.0 Å². The highest BCUT2D eigenvalue weighted by molar-refractivity contribution is 7.93. The lowest BCUT2D eigenvalue weighted by Crippen LogP contribution is -2.18. The zero-order valence-electron chi connectivity index (χ0n) is 21.0. The number of ether oxygens (including phenoxy) is 1. The van der Waals surface area contributed by atoms with E-state index in [4.69, 9.17) is 10.5 Å². The number of sulfonamides is 1. The van der Waals surface area contributed by atoms with Gasteiger partial charge in [-0.05, 0) is 55.7 Å². The van der Waals surface area contributed by atoms with Gasteiger partial charge in [-0.15, -0.1) is 0 Å². The van der Waals surface area contributed by atoms with Crippen LogP contribution >= 0.6 is 0 Å². The Morgan fingerprint density at radius 1 is 1.15 bits per heavy atom. The zero-order valence-corrected chi connectivity index (χ0v) is 21.8.